The van der Waals surface area contributed by atoms with Crippen LogP contribution in [-0.2, 0) is 9.84 Å². The molecule has 1 rings (SSSR count). The maximum atomic E-state index is 11.4. The average molecular weight is 237 g/mol. The second-order valence-corrected chi connectivity index (χ2v) is 5.03. The topological polar surface area (TPSA) is 69.2 Å². The summed E-state index contributed by atoms with van der Waals surface area (Å²) in [6.07, 6.45) is 0. The highest BCUT2D eigenvalue weighted by atomic mass is 35.5. The number of rotatable bonds is 3. The molecule has 14 heavy (non-hydrogen) atoms. The van der Waals surface area contributed by atoms with Gasteiger partial charge >= 0.3 is 0 Å². The Kier molecular flexibility index (Phi) is 3.28. The summed E-state index contributed by atoms with van der Waals surface area (Å²) in [4.78, 5) is 0. The molecular weight excluding hydrogens is 228 g/mol. The molecule has 1 aromatic heterocycles. The monoisotopic (exact) mass is 236 g/mol. The van der Waals surface area contributed by atoms with Crippen molar-refractivity contribution in [3.8, 4) is 5.75 Å². The summed E-state index contributed by atoms with van der Waals surface area (Å²) < 4.78 is 27.6. The lowest BCUT2D eigenvalue weighted by Gasteiger charge is -2.03. The largest absolute Gasteiger partial charge is 0.493 e. The Morgan fingerprint density at radius 3 is 2.64 bits per heavy atom. The van der Waals surface area contributed by atoms with Gasteiger partial charge in [0, 0.05) is 6.07 Å². The van der Waals surface area contributed by atoms with E-state index in [4.69, 9.17) is 16.3 Å². The first-order chi connectivity index (χ1) is 6.51. The zero-order valence-electron chi connectivity index (χ0n) is 7.69. The van der Waals surface area contributed by atoms with Crippen molar-refractivity contribution in [3.05, 3.63) is 11.2 Å². The van der Waals surface area contributed by atoms with Gasteiger partial charge in [0.2, 0.25) is 0 Å². The minimum Gasteiger partial charge on any atom is -0.493 e. The van der Waals surface area contributed by atoms with Crippen LogP contribution in [0.2, 0.25) is 5.15 Å². The van der Waals surface area contributed by atoms with Crippen molar-refractivity contribution in [2.75, 3.05) is 12.9 Å². The van der Waals surface area contributed by atoms with Crippen LogP contribution in [-0.4, -0.2) is 31.5 Å². The number of halogens is 1. The van der Waals surface area contributed by atoms with E-state index >= 15 is 0 Å². The lowest BCUT2D eigenvalue weighted by molar-refractivity contribution is 0.409. The summed E-state index contributed by atoms with van der Waals surface area (Å²) in [6, 6.07) is 1.26. The predicted octanol–water partition coefficient (Wildman–Crippen LogP) is 0.932. The van der Waals surface area contributed by atoms with Gasteiger partial charge in [-0.1, -0.05) is 18.5 Å². The van der Waals surface area contributed by atoms with Gasteiger partial charge in [-0.15, -0.1) is 10.2 Å². The highest BCUT2D eigenvalue weighted by molar-refractivity contribution is 7.91. The van der Waals surface area contributed by atoms with Crippen molar-refractivity contribution in [2.45, 2.75) is 11.9 Å². The molecule has 7 heteroatoms. The molecule has 0 amide bonds. The van der Waals surface area contributed by atoms with Crippen LogP contribution >= 0.6 is 11.6 Å². The molecule has 1 heterocycles. The molecule has 0 saturated carbocycles. The van der Waals surface area contributed by atoms with Crippen LogP contribution in [0.4, 0.5) is 0 Å². The van der Waals surface area contributed by atoms with Crippen LogP contribution in [0.5, 0.6) is 5.75 Å². The van der Waals surface area contributed by atoms with Crippen LogP contribution < -0.4 is 4.74 Å². The number of nitrogens with zero attached hydrogens (tertiary/aromatic N) is 2. The standard InChI is InChI=1S/C7H9ClN2O3S/c1-3-14(11,12)6-4-5(13-2)7(8)10-9-6/h4H,3H2,1-2H3. The second-order valence-electron chi connectivity index (χ2n) is 2.45. The molecule has 0 N–H and O–H groups in total. The average Bonchev–Trinajstić information content (AvgIpc) is 2.18. The van der Waals surface area contributed by atoms with Gasteiger partial charge in [0.05, 0.1) is 12.9 Å². The fourth-order valence-electron chi connectivity index (χ4n) is 0.786. The van der Waals surface area contributed by atoms with E-state index in [1.165, 1.54) is 20.1 Å². The fourth-order valence-corrected chi connectivity index (χ4v) is 1.70. The quantitative estimate of drug-likeness (QED) is 0.781. The van der Waals surface area contributed by atoms with Gasteiger partial charge in [0.1, 0.15) is 0 Å². The van der Waals surface area contributed by atoms with Gasteiger partial charge in [0.15, 0.2) is 25.8 Å². The molecule has 0 aliphatic heterocycles. The normalized spacial score (nSPS) is 11.4. The Balaban J connectivity index is 3.26. The third kappa shape index (κ3) is 2.13. The minimum atomic E-state index is -3.36. The van der Waals surface area contributed by atoms with Crippen LogP contribution in [0, 0.1) is 0 Å². The Bertz CT molecular complexity index is 433. The molecule has 1 aromatic rings. The molecule has 0 atom stereocenters. The first-order valence-corrected chi connectivity index (χ1v) is 5.84. The van der Waals surface area contributed by atoms with E-state index in [0.717, 1.165) is 0 Å². The molecule has 0 saturated heterocycles. The smallest absolute Gasteiger partial charge is 0.197 e. The van der Waals surface area contributed by atoms with Crippen molar-refractivity contribution in [1.29, 1.82) is 0 Å². The van der Waals surface area contributed by atoms with Gasteiger partial charge in [0.25, 0.3) is 0 Å². The minimum absolute atomic E-state index is 0.0353. The molecule has 0 radical (unpaired) electrons. The molecule has 5 nitrogen and oxygen atoms in total. The number of hydrogen-bond acceptors (Lipinski definition) is 5. The number of sulfone groups is 1. The van der Waals surface area contributed by atoms with Gasteiger partial charge in [-0.25, -0.2) is 8.42 Å². The molecule has 78 valence electrons. The summed E-state index contributed by atoms with van der Waals surface area (Å²) in [7, 11) is -1.98. The van der Waals surface area contributed by atoms with Crippen molar-refractivity contribution < 1.29 is 13.2 Å². The fraction of sp³-hybridized carbons (Fsp3) is 0.429. The Morgan fingerprint density at radius 2 is 2.14 bits per heavy atom. The first kappa shape index (κ1) is 11.2. The number of methoxy groups -OCH3 is 1. The Morgan fingerprint density at radius 1 is 1.50 bits per heavy atom. The molecule has 0 unspecified atom stereocenters. The lowest BCUT2D eigenvalue weighted by Crippen LogP contribution is -2.07. The number of hydrogen-bond donors (Lipinski definition) is 0. The van der Waals surface area contributed by atoms with Crippen molar-refractivity contribution in [1.82, 2.24) is 10.2 Å². The highest BCUT2D eigenvalue weighted by Crippen LogP contribution is 2.22. The van der Waals surface area contributed by atoms with E-state index in [1.807, 2.05) is 0 Å². The van der Waals surface area contributed by atoms with Crippen molar-refractivity contribution in [3.63, 3.8) is 0 Å². The van der Waals surface area contributed by atoms with E-state index in [-0.39, 0.29) is 21.7 Å². The molecule has 0 aromatic carbocycles. The van der Waals surface area contributed by atoms with E-state index in [2.05, 4.69) is 10.2 Å². The first-order valence-electron chi connectivity index (χ1n) is 3.81. The zero-order chi connectivity index (χ0) is 10.8. The van der Waals surface area contributed by atoms with Crippen LogP contribution in [0.1, 0.15) is 6.92 Å². The predicted molar refractivity (Wildman–Crippen MR) is 51.3 cm³/mol. The van der Waals surface area contributed by atoms with Crippen LogP contribution in [0.15, 0.2) is 11.1 Å². The van der Waals surface area contributed by atoms with Gasteiger partial charge in [-0.3, -0.25) is 0 Å². The SMILES string of the molecule is CCS(=O)(=O)c1cc(OC)c(Cl)nn1. The lowest BCUT2D eigenvalue weighted by atomic mass is 10.5. The van der Waals surface area contributed by atoms with Gasteiger partial charge in [-0.2, -0.15) is 0 Å². The maximum Gasteiger partial charge on any atom is 0.197 e. The van der Waals surface area contributed by atoms with Gasteiger partial charge in [-0.05, 0) is 0 Å². The maximum absolute atomic E-state index is 11.4. The summed E-state index contributed by atoms with van der Waals surface area (Å²) in [5.74, 6) is 0.167. The molecule has 0 aliphatic rings. The highest BCUT2D eigenvalue weighted by Gasteiger charge is 2.16. The van der Waals surface area contributed by atoms with Crippen LogP contribution in [0.25, 0.3) is 0 Å². The number of ether oxygens (including phenoxy) is 1. The summed E-state index contributed by atoms with van der Waals surface area (Å²) >= 11 is 5.60. The molecular formula is C7H9ClN2O3S. The Labute approximate surface area is 87.0 Å². The van der Waals surface area contributed by atoms with Crippen molar-refractivity contribution in [2.24, 2.45) is 0 Å². The summed E-state index contributed by atoms with van der Waals surface area (Å²) in [6.45, 7) is 1.53. The van der Waals surface area contributed by atoms with E-state index in [0.29, 0.717) is 0 Å². The third-order valence-corrected chi connectivity index (χ3v) is 3.47. The summed E-state index contributed by atoms with van der Waals surface area (Å²) in [5.41, 5.74) is 0. The van der Waals surface area contributed by atoms with Crippen LogP contribution in [0.3, 0.4) is 0 Å². The molecule has 0 aliphatic carbocycles. The number of aromatic nitrogens is 2. The molecule has 0 fully saturated rings. The molecule has 0 bridgehead atoms. The van der Waals surface area contributed by atoms with E-state index in [1.54, 1.807) is 0 Å². The Hall–Kier alpha value is -0.880. The second kappa shape index (κ2) is 4.10. The van der Waals surface area contributed by atoms with E-state index < -0.39 is 9.84 Å². The zero-order valence-corrected chi connectivity index (χ0v) is 9.26. The summed E-state index contributed by atoms with van der Waals surface area (Å²) in [5, 5.41) is 6.88. The van der Waals surface area contributed by atoms with Gasteiger partial charge < -0.3 is 4.74 Å². The van der Waals surface area contributed by atoms with E-state index in [9.17, 15) is 8.42 Å². The third-order valence-electron chi connectivity index (χ3n) is 1.61. The molecule has 0 spiro atoms. The van der Waals surface area contributed by atoms with Crippen molar-refractivity contribution >= 4 is 21.4 Å².